The minimum atomic E-state index is -0.778. The van der Waals surface area contributed by atoms with Gasteiger partial charge in [-0.25, -0.2) is 19.2 Å². The highest BCUT2D eigenvalue weighted by Crippen LogP contribution is 2.25. The number of amides is 2. The molecule has 10 nitrogen and oxygen atoms in total. The van der Waals surface area contributed by atoms with Gasteiger partial charge in [0.05, 0.1) is 25.3 Å². The van der Waals surface area contributed by atoms with Gasteiger partial charge in [-0.3, -0.25) is 0 Å². The highest BCUT2D eigenvalue weighted by molar-refractivity contribution is 5.91. The maximum atomic E-state index is 12.6. The van der Waals surface area contributed by atoms with Crippen LogP contribution < -0.4 is 10.6 Å². The lowest BCUT2D eigenvalue weighted by molar-refractivity contribution is -0.141. The Bertz CT molecular complexity index is 1160. The highest BCUT2D eigenvalue weighted by Gasteiger charge is 2.22. The number of hydrogen-bond donors (Lipinski definition) is 2. The zero-order valence-corrected chi connectivity index (χ0v) is 26.4. The van der Waals surface area contributed by atoms with E-state index >= 15 is 0 Å². The van der Waals surface area contributed by atoms with Gasteiger partial charge < -0.3 is 29.6 Å². The number of carbonyl (C=O) groups excluding carboxylic acids is 4. The molecule has 2 atom stereocenters. The van der Waals surface area contributed by atoms with Crippen LogP contribution in [0, 0.1) is 11.8 Å². The molecule has 2 fully saturated rings. The molecule has 2 amide bonds. The fourth-order valence-corrected chi connectivity index (χ4v) is 5.84. The lowest BCUT2D eigenvalue weighted by atomic mass is 9.90. The maximum Gasteiger partial charge on any atom is 0.407 e. The third-order valence-corrected chi connectivity index (χ3v) is 8.48. The third kappa shape index (κ3) is 12.6. The number of nitrogens with one attached hydrogen (secondary N) is 2. The Hall–Kier alpha value is -4.34. The molecule has 2 N–H and O–H groups in total. The Morgan fingerprint density at radius 1 is 0.565 bits per heavy atom. The minimum absolute atomic E-state index is 0.163. The zero-order valence-electron chi connectivity index (χ0n) is 26.4. The van der Waals surface area contributed by atoms with Crippen molar-refractivity contribution in [3.8, 4) is 0 Å². The molecular weight excluding hydrogens is 588 g/mol. The predicted molar refractivity (Wildman–Crippen MR) is 172 cm³/mol. The van der Waals surface area contributed by atoms with Gasteiger partial charge in [0, 0.05) is 12.2 Å². The van der Waals surface area contributed by atoms with Crippen molar-refractivity contribution in [1.29, 1.82) is 0 Å². The SMILES string of the molecule is O=C(/C=C/C(=O)OC[C@H](NC(=O)OCC1CCCCC1)c1ccccc1)OC[C@H](NC(=O)OCC1CCCCC1)c1ccccc1. The van der Waals surface area contributed by atoms with Crippen molar-refractivity contribution in [2.75, 3.05) is 26.4 Å². The van der Waals surface area contributed by atoms with E-state index in [4.69, 9.17) is 18.9 Å². The van der Waals surface area contributed by atoms with Gasteiger partial charge in [-0.05, 0) is 48.6 Å². The largest absolute Gasteiger partial charge is 0.460 e. The number of esters is 2. The topological polar surface area (TPSA) is 129 Å². The van der Waals surface area contributed by atoms with E-state index in [9.17, 15) is 19.2 Å². The molecule has 46 heavy (non-hydrogen) atoms. The van der Waals surface area contributed by atoms with Crippen LogP contribution in [0.5, 0.6) is 0 Å². The molecule has 2 saturated carbocycles. The quantitative estimate of drug-likeness (QED) is 0.133. The first kappa shape index (κ1) is 34.5. The Morgan fingerprint density at radius 2 is 0.935 bits per heavy atom. The molecule has 0 saturated heterocycles. The van der Waals surface area contributed by atoms with Crippen molar-refractivity contribution >= 4 is 24.1 Å². The van der Waals surface area contributed by atoms with Crippen molar-refractivity contribution in [3.63, 3.8) is 0 Å². The summed E-state index contributed by atoms with van der Waals surface area (Å²) in [6, 6.07) is 17.0. The highest BCUT2D eigenvalue weighted by atomic mass is 16.6. The molecule has 0 spiro atoms. The van der Waals surface area contributed by atoms with Gasteiger partial charge >= 0.3 is 24.1 Å². The molecule has 10 heteroatoms. The molecule has 0 bridgehead atoms. The van der Waals surface area contributed by atoms with Crippen LogP contribution in [0.1, 0.15) is 87.4 Å². The van der Waals surface area contributed by atoms with Gasteiger partial charge in [-0.15, -0.1) is 0 Å². The van der Waals surface area contributed by atoms with E-state index in [-0.39, 0.29) is 13.2 Å². The van der Waals surface area contributed by atoms with Gasteiger partial charge in [-0.1, -0.05) is 99.2 Å². The van der Waals surface area contributed by atoms with Crippen LogP contribution in [0.4, 0.5) is 9.59 Å². The zero-order chi connectivity index (χ0) is 32.4. The predicted octanol–water partition coefficient (Wildman–Crippen LogP) is 6.72. The molecule has 2 aliphatic carbocycles. The van der Waals surface area contributed by atoms with Gasteiger partial charge in [0.2, 0.25) is 0 Å². The summed E-state index contributed by atoms with van der Waals surface area (Å²) in [6.07, 6.45) is 12.0. The summed E-state index contributed by atoms with van der Waals surface area (Å²) >= 11 is 0. The lowest BCUT2D eigenvalue weighted by Gasteiger charge is -2.23. The van der Waals surface area contributed by atoms with Gasteiger partial charge in [0.15, 0.2) is 0 Å². The first-order valence-electron chi connectivity index (χ1n) is 16.4. The van der Waals surface area contributed by atoms with E-state index in [2.05, 4.69) is 10.6 Å². The number of carbonyl (C=O) groups is 4. The van der Waals surface area contributed by atoms with Crippen LogP contribution in [0.25, 0.3) is 0 Å². The number of rotatable bonds is 14. The van der Waals surface area contributed by atoms with Gasteiger partial charge in [0.25, 0.3) is 0 Å². The summed E-state index contributed by atoms with van der Waals surface area (Å²) in [6.45, 7) is 0.397. The first-order valence-corrected chi connectivity index (χ1v) is 16.4. The molecule has 2 aliphatic rings. The molecule has 0 aliphatic heterocycles. The molecule has 4 rings (SSSR count). The van der Waals surface area contributed by atoms with Crippen LogP contribution in [-0.2, 0) is 28.5 Å². The molecule has 2 aromatic carbocycles. The third-order valence-electron chi connectivity index (χ3n) is 8.48. The van der Waals surface area contributed by atoms with Crippen molar-refractivity contribution < 1.29 is 38.1 Å². The Kier molecular flexibility index (Phi) is 14.4. The van der Waals surface area contributed by atoms with E-state index < -0.39 is 36.2 Å². The summed E-state index contributed by atoms with van der Waals surface area (Å²) in [4.78, 5) is 50.1. The summed E-state index contributed by atoms with van der Waals surface area (Å²) in [5.41, 5.74) is 1.48. The summed E-state index contributed by atoms with van der Waals surface area (Å²) in [7, 11) is 0. The fourth-order valence-electron chi connectivity index (χ4n) is 5.84. The molecule has 0 aromatic heterocycles. The van der Waals surface area contributed by atoms with E-state index in [1.54, 1.807) is 0 Å². The van der Waals surface area contributed by atoms with Crippen molar-refractivity contribution in [1.82, 2.24) is 10.6 Å². The van der Waals surface area contributed by atoms with Crippen molar-refractivity contribution in [2.45, 2.75) is 76.3 Å². The van der Waals surface area contributed by atoms with Gasteiger partial charge in [-0.2, -0.15) is 0 Å². The van der Waals surface area contributed by atoms with E-state index in [0.717, 1.165) is 74.6 Å². The Morgan fingerprint density at radius 3 is 1.30 bits per heavy atom. The number of ether oxygens (including phenoxy) is 4. The fraction of sp³-hybridized carbons (Fsp3) is 0.500. The maximum absolute atomic E-state index is 12.6. The summed E-state index contributed by atoms with van der Waals surface area (Å²) in [5.74, 6) is -0.814. The molecule has 2 aromatic rings. The first-order chi connectivity index (χ1) is 22.5. The number of benzene rings is 2. The van der Waals surface area contributed by atoms with E-state index in [1.807, 2.05) is 60.7 Å². The molecule has 0 radical (unpaired) electrons. The second kappa shape index (κ2) is 19.2. The Labute approximate surface area is 271 Å². The minimum Gasteiger partial charge on any atom is -0.460 e. The van der Waals surface area contributed by atoms with Gasteiger partial charge in [0.1, 0.15) is 13.2 Å². The van der Waals surface area contributed by atoms with Crippen LogP contribution in [0.3, 0.4) is 0 Å². The Balaban J connectivity index is 1.23. The smallest absolute Gasteiger partial charge is 0.407 e. The van der Waals surface area contributed by atoms with Crippen LogP contribution >= 0.6 is 0 Å². The normalized spacial score (nSPS) is 17.0. The van der Waals surface area contributed by atoms with Crippen molar-refractivity contribution in [2.24, 2.45) is 11.8 Å². The average Bonchev–Trinajstić information content (AvgIpc) is 3.10. The molecule has 248 valence electrons. The van der Waals surface area contributed by atoms with Crippen LogP contribution in [-0.4, -0.2) is 50.6 Å². The van der Waals surface area contributed by atoms with Crippen molar-refractivity contribution in [3.05, 3.63) is 83.9 Å². The molecule has 0 unspecified atom stereocenters. The second-order valence-corrected chi connectivity index (χ2v) is 12.0. The molecule has 0 heterocycles. The van der Waals surface area contributed by atoms with E-state index in [0.29, 0.717) is 25.0 Å². The monoisotopic (exact) mass is 634 g/mol. The van der Waals surface area contributed by atoms with E-state index in [1.165, 1.54) is 12.8 Å². The summed E-state index contributed by atoms with van der Waals surface area (Å²) in [5, 5.41) is 5.57. The second-order valence-electron chi connectivity index (χ2n) is 12.0. The van der Waals surface area contributed by atoms with Crippen LogP contribution in [0.2, 0.25) is 0 Å². The summed E-state index contributed by atoms with van der Waals surface area (Å²) < 4.78 is 21.6. The standard InChI is InChI=1S/C36H46N2O8/c39-33(43-25-31(29-17-9-3-10-18-29)37-35(41)45-23-27-13-5-1-6-14-27)21-22-34(40)44-26-32(30-19-11-4-12-20-30)38-36(42)46-24-28-15-7-2-8-16-28/h3-4,9-12,17-22,27-28,31-32H,1-2,5-8,13-16,23-26H2,(H,37,41)(H,38,42)/b22-21+/t31-,32-/m0/s1. The average molecular weight is 635 g/mol. The number of alkyl carbamates (subject to hydrolysis) is 2. The van der Waals surface area contributed by atoms with Crippen LogP contribution in [0.15, 0.2) is 72.8 Å². The lowest BCUT2D eigenvalue weighted by Crippen LogP contribution is -2.34. The molecular formula is C36H46N2O8. The number of hydrogen-bond acceptors (Lipinski definition) is 8.